The summed E-state index contributed by atoms with van der Waals surface area (Å²) >= 11 is 0. The maximum atomic E-state index is 10.6. The maximum absolute atomic E-state index is 10.6. The van der Waals surface area contributed by atoms with Gasteiger partial charge in [0.2, 0.25) is 0 Å². The second-order valence-corrected chi connectivity index (χ2v) is 7.19. The third-order valence-corrected chi connectivity index (χ3v) is 6.37. The van der Waals surface area contributed by atoms with E-state index in [9.17, 15) is 10.2 Å². The molecule has 2 aliphatic heterocycles. The number of rotatable bonds is 0. The lowest BCUT2D eigenvalue weighted by molar-refractivity contribution is -0.138. The van der Waals surface area contributed by atoms with E-state index < -0.39 is 0 Å². The summed E-state index contributed by atoms with van der Waals surface area (Å²) in [5, 5.41) is 21.1. The van der Waals surface area contributed by atoms with Gasteiger partial charge in [0.25, 0.3) is 0 Å². The van der Waals surface area contributed by atoms with Gasteiger partial charge in [-0.2, -0.15) is 0 Å². The number of piperidine rings is 1. The second-order valence-electron chi connectivity index (χ2n) is 7.19. The lowest BCUT2D eigenvalue weighted by Gasteiger charge is -2.65. The first-order valence-corrected chi connectivity index (χ1v) is 7.96. The molecule has 0 aromatic heterocycles. The topological polar surface area (TPSA) is 43.7 Å². The van der Waals surface area contributed by atoms with Crippen LogP contribution in [0.2, 0.25) is 0 Å². The molecule has 0 radical (unpaired) electrons. The first-order valence-electron chi connectivity index (χ1n) is 7.96. The normalized spacial score (nSPS) is 53.4. The van der Waals surface area contributed by atoms with E-state index >= 15 is 0 Å². The summed E-state index contributed by atoms with van der Waals surface area (Å²) in [7, 11) is 0. The Morgan fingerprint density at radius 3 is 3.00 bits per heavy atom. The van der Waals surface area contributed by atoms with E-state index in [1.165, 1.54) is 18.5 Å². The fourth-order valence-electron chi connectivity index (χ4n) is 5.70. The minimum absolute atomic E-state index is 0.0947. The van der Waals surface area contributed by atoms with Gasteiger partial charge in [-0.1, -0.05) is 13.0 Å². The molecule has 0 aromatic rings. The molecule has 3 fully saturated rings. The zero-order valence-corrected chi connectivity index (χ0v) is 11.8. The predicted molar refractivity (Wildman–Crippen MR) is 73.6 cm³/mol. The predicted octanol–water partition coefficient (Wildman–Crippen LogP) is 1.55. The maximum Gasteiger partial charge on any atom is 0.0633 e. The average molecular weight is 263 g/mol. The van der Waals surface area contributed by atoms with E-state index in [-0.39, 0.29) is 23.7 Å². The Kier molecular flexibility index (Phi) is 2.64. The Morgan fingerprint density at radius 1 is 1.32 bits per heavy atom. The molecule has 1 saturated heterocycles. The van der Waals surface area contributed by atoms with Crippen LogP contribution in [0.25, 0.3) is 0 Å². The molecule has 3 heteroatoms. The SMILES string of the molecule is C[C@H]1C[C@]23C4=CCCN2CCC[C@@H]3[C@H](O)C[C@@H]4[C@H]1O. The third kappa shape index (κ3) is 1.44. The van der Waals surface area contributed by atoms with Gasteiger partial charge in [0.15, 0.2) is 0 Å². The third-order valence-electron chi connectivity index (χ3n) is 6.37. The number of aliphatic hydroxyl groups is 2. The summed E-state index contributed by atoms with van der Waals surface area (Å²) in [5.74, 6) is 0.964. The van der Waals surface area contributed by atoms with Crippen LogP contribution in [0.3, 0.4) is 0 Å². The van der Waals surface area contributed by atoms with Gasteiger partial charge in [0.1, 0.15) is 0 Å². The molecular weight excluding hydrogens is 238 g/mol. The molecule has 19 heavy (non-hydrogen) atoms. The second kappa shape index (κ2) is 4.06. The molecule has 2 bridgehead atoms. The van der Waals surface area contributed by atoms with Crippen molar-refractivity contribution in [2.45, 2.75) is 56.8 Å². The Morgan fingerprint density at radius 2 is 2.16 bits per heavy atom. The van der Waals surface area contributed by atoms with Crippen LogP contribution in [0.4, 0.5) is 0 Å². The van der Waals surface area contributed by atoms with Crippen molar-refractivity contribution in [3.63, 3.8) is 0 Å². The summed E-state index contributed by atoms with van der Waals surface area (Å²) in [5.41, 5.74) is 1.58. The Hall–Kier alpha value is -0.380. The van der Waals surface area contributed by atoms with Crippen LogP contribution < -0.4 is 0 Å². The van der Waals surface area contributed by atoms with E-state index in [0.29, 0.717) is 11.8 Å². The van der Waals surface area contributed by atoms with Gasteiger partial charge >= 0.3 is 0 Å². The van der Waals surface area contributed by atoms with Gasteiger partial charge in [-0.3, -0.25) is 4.90 Å². The van der Waals surface area contributed by atoms with Crippen LogP contribution in [-0.4, -0.2) is 45.9 Å². The van der Waals surface area contributed by atoms with Gasteiger partial charge in [0, 0.05) is 23.9 Å². The molecule has 0 unspecified atom stereocenters. The van der Waals surface area contributed by atoms with Crippen molar-refractivity contribution in [1.82, 2.24) is 4.90 Å². The Labute approximate surface area is 115 Å². The van der Waals surface area contributed by atoms with Gasteiger partial charge < -0.3 is 10.2 Å². The van der Waals surface area contributed by atoms with Crippen LogP contribution >= 0.6 is 0 Å². The van der Waals surface area contributed by atoms with E-state index in [1.807, 2.05) is 0 Å². The molecule has 3 nitrogen and oxygen atoms in total. The molecular formula is C16H25NO2. The minimum atomic E-state index is -0.255. The summed E-state index contributed by atoms with van der Waals surface area (Å²) in [6, 6.07) is 0. The van der Waals surface area contributed by atoms with E-state index in [1.54, 1.807) is 0 Å². The molecule has 2 saturated carbocycles. The standard InChI is InChI=1S/C16H25NO2/c1-10-9-16-12-4-2-6-17(16)7-3-5-13(16)14(18)8-11(12)15(10)19/h4,10-11,13-15,18-19H,2-3,5-9H2,1H3/t10-,11-,13+,14+,15-,16+/m0/s1. The zero-order chi connectivity index (χ0) is 13.2. The van der Waals surface area contributed by atoms with E-state index in [2.05, 4.69) is 17.9 Å². The number of hydrogen-bond donors (Lipinski definition) is 2. The lowest BCUT2D eigenvalue weighted by atomic mass is 9.51. The molecule has 1 spiro atoms. The van der Waals surface area contributed by atoms with Crippen LogP contribution in [0.1, 0.15) is 39.0 Å². The van der Waals surface area contributed by atoms with Crippen LogP contribution in [0, 0.1) is 17.8 Å². The molecule has 2 aliphatic carbocycles. The fraction of sp³-hybridized carbons (Fsp3) is 0.875. The smallest absolute Gasteiger partial charge is 0.0633 e. The van der Waals surface area contributed by atoms with E-state index in [4.69, 9.17) is 0 Å². The number of aliphatic hydroxyl groups excluding tert-OH is 2. The molecule has 6 atom stereocenters. The van der Waals surface area contributed by atoms with Crippen molar-refractivity contribution >= 4 is 0 Å². The molecule has 4 rings (SSSR count). The molecule has 4 aliphatic rings. The van der Waals surface area contributed by atoms with Crippen molar-refractivity contribution in [3.05, 3.63) is 11.6 Å². The minimum Gasteiger partial charge on any atom is -0.393 e. The van der Waals surface area contributed by atoms with Gasteiger partial charge in [-0.25, -0.2) is 0 Å². The van der Waals surface area contributed by atoms with Crippen molar-refractivity contribution in [2.75, 3.05) is 13.1 Å². The Bertz CT molecular complexity index is 421. The molecule has 106 valence electrons. The quantitative estimate of drug-likeness (QED) is 0.652. The number of nitrogens with zero attached hydrogens (tertiary/aromatic N) is 1. The van der Waals surface area contributed by atoms with E-state index in [0.717, 1.165) is 32.2 Å². The highest BCUT2D eigenvalue weighted by atomic mass is 16.3. The van der Waals surface area contributed by atoms with Gasteiger partial charge in [0.05, 0.1) is 12.2 Å². The van der Waals surface area contributed by atoms with Crippen molar-refractivity contribution < 1.29 is 10.2 Å². The number of hydrogen-bond acceptors (Lipinski definition) is 3. The summed E-state index contributed by atoms with van der Waals surface area (Å²) in [6.07, 6.45) is 7.25. The van der Waals surface area contributed by atoms with Crippen molar-refractivity contribution in [3.8, 4) is 0 Å². The highest BCUT2D eigenvalue weighted by Crippen LogP contribution is 2.58. The average Bonchev–Trinajstić information content (AvgIpc) is 2.40. The van der Waals surface area contributed by atoms with Crippen molar-refractivity contribution in [2.24, 2.45) is 17.8 Å². The van der Waals surface area contributed by atoms with Crippen LogP contribution in [0.15, 0.2) is 11.6 Å². The molecule has 2 heterocycles. The lowest BCUT2D eigenvalue weighted by Crippen LogP contribution is -2.70. The zero-order valence-electron chi connectivity index (χ0n) is 11.8. The first-order chi connectivity index (χ1) is 9.14. The largest absolute Gasteiger partial charge is 0.393 e. The molecule has 0 aromatic carbocycles. The van der Waals surface area contributed by atoms with Crippen molar-refractivity contribution in [1.29, 1.82) is 0 Å². The van der Waals surface area contributed by atoms with Gasteiger partial charge in [-0.15, -0.1) is 0 Å². The summed E-state index contributed by atoms with van der Waals surface area (Å²) < 4.78 is 0. The summed E-state index contributed by atoms with van der Waals surface area (Å²) in [6.45, 7) is 4.51. The monoisotopic (exact) mass is 263 g/mol. The van der Waals surface area contributed by atoms with Crippen LogP contribution in [0.5, 0.6) is 0 Å². The fourth-order valence-corrected chi connectivity index (χ4v) is 5.70. The molecule has 2 N–H and O–H groups in total. The highest BCUT2D eigenvalue weighted by Gasteiger charge is 2.61. The van der Waals surface area contributed by atoms with Gasteiger partial charge in [-0.05, 0) is 50.1 Å². The van der Waals surface area contributed by atoms with Crippen LogP contribution in [-0.2, 0) is 0 Å². The molecule has 0 amide bonds. The summed E-state index contributed by atoms with van der Waals surface area (Å²) in [4.78, 5) is 2.65. The highest BCUT2D eigenvalue weighted by molar-refractivity contribution is 5.36. The Balaban J connectivity index is 1.87. The first kappa shape index (κ1) is 12.4.